The Morgan fingerprint density at radius 2 is 2.58 bits per heavy atom. The molecule has 0 spiro atoms. The van der Waals surface area contributed by atoms with Gasteiger partial charge in [-0.2, -0.15) is 5.10 Å². The molecule has 0 bridgehead atoms. The van der Waals surface area contributed by atoms with Gasteiger partial charge in [-0.05, 0) is 6.92 Å². The zero-order chi connectivity index (χ0) is 9.03. The average Bonchev–Trinajstić information content (AvgIpc) is 2.53. The number of aromatic amines is 1. The first-order valence-corrected chi connectivity index (χ1v) is 4.50. The number of nitrogens with zero attached hydrogens (tertiary/aromatic N) is 2. The van der Waals surface area contributed by atoms with Gasteiger partial charge >= 0.3 is 0 Å². The van der Waals surface area contributed by atoms with E-state index >= 15 is 0 Å². The van der Waals surface area contributed by atoms with E-state index in [-0.39, 0.29) is 6.61 Å². The second-order valence-corrected chi connectivity index (χ2v) is 3.86. The predicted molar refractivity (Wildman–Crippen MR) is 46.8 cm³/mol. The van der Waals surface area contributed by atoms with Gasteiger partial charge in [0.2, 0.25) is 0 Å². The van der Waals surface area contributed by atoms with Gasteiger partial charge in [0.15, 0.2) is 5.16 Å². The molecule has 1 aromatic rings. The highest BCUT2D eigenvalue weighted by atomic mass is 32.2. The van der Waals surface area contributed by atoms with Crippen molar-refractivity contribution in [1.29, 1.82) is 0 Å². The van der Waals surface area contributed by atoms with Crippen molar-refractivity contribution in [3.8, 4) is 0 Å². The highest BCUT2D eigenvalue weighted by Gasteiger charge is 2.17. The Morgan fingerprint density at radius 3 is 3.08 bits per heavy atom. The number of nitrogens with one attached hydrogen (secondary N) is 1. The van der Waals surface area contributed by atoms with Gasteiger partial charge in [0, 0.05) is 11.3 Å². The van der Waals surface area contributed by atoms with Crippen molar-refractivity contribution in [2.45, 2.75) is 17.6 Å². The van der Waals surface area contributed by atoms with E-state index in [0.717, 1.165) is 5.16 Å². The molecule has 0 radical (unpaired) electrons. The molecule has 1 aromatic heterocycles. The number of aliphatic hydroxyl groups is 1. The minimum Gasteiger partial charge on any atom is -0.394 e. The van der Waals surface area contributed by atoms with Crippen LogP contribution in [0.3, 0.4) is 0 Å². The van der Waals surface area contributed by atoms with Crippen LogP contribution in [0.25, 0.3) is 0 Å². The normalized spacial score (nSPS) is 15.9. The number of aromatic nitrogens is 3. The first kappa shape index (κ1) is 9.50. The fraction of sp³-hybridized carbons (Fsp3) is 0.667. The van der Waals surface area contributed by atoms with Gasteiger partial charge in [0.1, 0.15) is 6.33 Å². The third-order valence-corrected chi connectivity index (χ3v) is 2.57. The molecule has 1 rings (SSSR count). The van der Waals surface area contributed by atoms with Crippen molar-refractivity contribution in [3.63, 3.8) is 0 Å². The van der Waals surface area contributed by atoms with Gasteiger partial charge in [-0.15, -0.1) is 0 Å². The highest BCUT2D eigenvalue weighted by molar-refractivity contribution is 7.99. The van der Waals surface area contributed by atoms with E-state index in [2.05, 4.69) is 15.2 Å². The standard InChI is InChI=1S/C6H12N4OS/c1-6(7,2-11)3-12-5-8-4-9-10-5/h4,11H,2-3,7H2,1H3,(H,8,9,10). The van der Waals surface area contributed by atoms with Crippen LogP contribution in [0.2, 0.25) is 0 Å². The second kappa shape index (κ2) is 3.88. The molecule has 0 amide bonds. The summed E-state index contributed by atoms with van der Waals surface area (Å²) in [4.78, 5) is 3.91. The van der Waals surface area contributed by atoms with Gasteiger partial charge in [-0.25, -0.2) is 4.98 Å². The molecule has 0 aliphatic carbocycles. The van der Waals surface area contributed by atoms with Crippen molar-refractivity contribution >= 4 is 11.8 Å². The van der Waals surface area contributed by atoms with Crippen molar-refractivity contribution in [2.24, 2.45) is 5.73 Å². The summed E-state index contributed by atoms with van der Waals surface area (Å²) in [6, 6.07) is 0. The summed E-state index contributed by atoms with van der Waals surface area (Å²) in [7, 11) is 0. The molecule has 5 nitrogen and oxygen atoms in total. The Hall–Kier alpha value is -0.590. The summed E-state index contributed by atoms with van der Waals surface area (Å²) >= 11 is 1.44. The minimum atomic E-state index is -0.558. The summed E-state index contributed by atoms with van der Waals surface area (Å²) in [5.41, 5.74) is 5.14. The van der Waals surface area contributed by atoms with Crippen LogP contribution in [0, 0.1) is 0 Å². The Morgan fingerprint density at radius 1 is 1.83 bits per heavy atom. The Balaban J connectivity index is 2.36. The molecule has 4 N–H and O–H groups in total. The van der Waals surface area contributed by atoms with Crippen molar-refractivity contribution in [3.05, 3.63) is 6.33 Å². The van der Waals surface area contributed by atoms with E-state index in [1.165, 1.54) is 18.1 Å². The van der Waals surface area contributed by atoms with E-state index in [4.69, 9.17) is 10.8 Å². The number of rotatable bonds is 4. The molecular weight excluding hydrogens is 176 g/mol. The molecule has 1 atom stereocenters. The predicted octanol–water partition coefficient (Wildman–Crippen LogP) is -0.394. The van der Waals surface area contributed by atoms with E-state index < -0.39 is 5.54 Å². The summed E-state index contributed by atoms with van der Waals surface area (Å²) < 4.78 is 0. The van der Waals surface area contributed by atoms with Crippen LogP contribution in [0.5, 0.6) is 0 Å². The second-order valence-electron chi connectivity index (χ2n) is 2.89. The molecule has 0 aliphatic rings. The molecule has 0 saturated carbocycles. The van der Waals surface area contributed by atoms with Crippen LogP contribution >= 0.6 is 11.8 Å². The molecule has 1 heterocycles. The first-order valence-electron chi connectivity index (χ1n) is 3.52. The SMILES string of the molecule is CC(N)(CO)CSc1ncn[nH]1. The van der Waals surface area contributed by atoms with Gasteiger partial charge in [0.25, 0.3) is 0 Å². The van der Waals surface area contributed by atoms with Gasteiger partial charge in [0.05, 0.1) is 6.61 Å². The lowest BCUT2D eigenvalue weighted by Crippen LogP contribution is -2.42. The molecule has 0 fully saturated rings. The lowest BCUT2D eigenvalue weighted by Gasteiger charge is -2.19. The molecule has 0 aliphatic heterocycles. The maximum atomic E-state index is 8.84. The molecule has 0 aromatic carbocycles. The van der Waals surface area contributed by atoms with E-state index in [1.807, 2.05) is 0 Å². The molecule has 68 valence electrons. The summed E-state index contributed by atoms with van der Waals surface area (Å²) in [5.74, 6) is 0.610. The smallest absolute Gasteiger partial charge is 0.183 e. The summed E-state index contributed by atoms with van der Waals surface area (Å²) in [6.07, 6.45) is 1.44. The largest absolute Gasteiger partial charge is 0.394 e. The van der Waals surface area contributed by atoms with Crippen LogP contribution in [0.15, 0.2) is 11.5 Å². The zero-order valence-electron chi connectivity index (χ0n) is 6.82. The minimum absolute atomic E-state index is 0.0336. The maximum absolute atomic E-state index is 8.84. The van der Waals surface area contributed by atoms with E-state index in [1.54, 1.807) is 6.92 Å². The Bertz CT molecular complexity index is 223. The Labute approximate surface area is 74.8 Å². The van der Waals surface area contributed by atoms with Crippen molar-refractivity contribution < 1.29 is 5.11 Å². The number of aliphatic hydroxyl groups excluding tert-OH is 1. The summed E-state index contributed by atoms with van der Waals surface area (Å²) in [5, 5.41) is 15.9. The molecule has 6 heteroatoms. The molecular formula is C6H12N4OS. The summed E-state index contributed by atoms with van der Waals surface area (Å²) in [6.45, 7) is 1.75. The lowest BCUT2D eigenvalue weighted by molar-refractivity contribution is 0.224. The van der Waals surface area contributed by atoms with Crippen molar-refractivity contribution in [1.82, 2.24) is 15.2 Å². The highest BCUT2D eigenvalue weighted by Crippen LogP contribution is 2.15. The monoisotopic (exact) mass is 188 g/mol. The maximum Gasteiger partial charge on any atom is 0.183 e. The number of thioether (sulfide) groups is 1. The Kier molecular flexibility index (Phi) is 3.07. The topological polar surface area (TPSA) is 87.8 Å². The van der Waals surface area contributed by atoms with Gasteiger partial charge in [-0.1, -0.05) is 11.8 Å². The van der Waals surface area contributed by atoms with Crippen LogP contribution < -0.4 is 5.73 Å². The van der Waals surface area contributed by atoms with Crippen molar-refractivity contribution in [2.75, 3.05) is 12.4 Å². The number of hydrogen-bond acceptors (Lipinski definition) is 5. The zero-order valence-corrected chi connectivity index (χ0v) is 7.64. The van der Waals surface area contributed by atoms with Crippen LogP contribution in [0.4, 0.5) is 0 Å². The van der Waals surface area contributed by atoms with Crippen LogP contribution in [-0.4, -0.2) is 38.2 Å². The number of nitrogens with two attached hydrogens (primary N) is 1. The fourth-order valence-corrected chi connectivity index (χ4v) is 1.34. The fourth-order valence-electron chi connectivity index (χ4n) is 0.543. The first-order chi connectivity index (χ1) is 5.64. The number of hydrogen-bond donors (Lipinski definition) is 3. The third-order valence-electron chi connectivity index (χ3n) is 1.29. The quantitative estimate of drug-likeness (QED) is 0.560. The van der Waals surface area contributed by atoms with Crippen LogP contribution in [-0.2, 0) is 0 Å². The number of H-pyrrole nitrogens is 1. The molecule has 1 unspecified atom stereocenters. The van der Waals surface area contributed by atoms with E-state index in [9.17, 15) is 0 Å². The molecule has 0 saturated heterocycles. The van der Waals surface area contributed by atoms with E-state index in [0.29, 0.717) is 5.75 Å². The van der Waals surface area contributed by atoms with Gasteiger partial charge in [-0.3, -0.25) is 5.10 Å². The third kappa shape index (κ3) is 2.80. The average molecular weight is 188 g/mol. The molecule has 12 heavy (non-hydrogen) atoms. The lowest BCUT2D eigenvalue weighted by atomic mass is 10.1. The van der Waals surface area contributed by atoms with Gasteiger partial charge < -0.3 is 10.8 Å². The van der Waals surface area contributed by atoms with Crippen LogP contribution in [0.1, 0.15) is 6.92 Å².